The highest BCUT2D eigenvalue weighted by Gasteiger charge is 2.22. The van der Waals surface area contributed by atoms with Gasteiger partial charge in [0.25, 0.3) is 0 Å². The second kappa shape index (κ2) is 10.9. The summed E-state index contributed by atoms with van der Waals surface area (Å²) < 4.78 is 6.95. The molecule has 10 aromatic rings. The van der Waals surface area contributed by atoms with Gasteiger partial charge in [0.2, 0.25) is 0 Å². The Kier molecular flexibility index (Phi) is 6.11. The number of fused-ring (bicyclic) bond motifs is 7. The summed E-state index contributed by atoms with van der Waals surface area (Å²) in [7, 11) is 0. The average molecular weight is 628 g/mol. The second-order valence-electron chi connectivity index (χ2n) is 12.3. The van der Waals surface area contributed by atoms with E-state index in [-0.39, 0.29) is 0 Å². The van der Waals surface area contributed by atoms with E-state index in [2.05, 4.69) is 153 Å². The topological polar surface area (TPSA) is 40.1 Å². The first-order valence-electron chi connectivity index (χ1n) is 16.5. The Morgan fingerprint density at radius 1 is 0.347 bits per heavy atom. The van der Waals surface area contributed by atoms with Crippen LogP contribution in [0.2, 0.25) is 0 Å². The lowest BCUT2D eigenvalue weighted by Crippen LogP contribution is -2.00. The van der Waals surface area contributed by atoms with Gasteiger partial charge in [0.15, 0.2) is 11.6 Å². The fourth-order valence-corrected chi connectivity index (χ4v) is 7.46. The first-order chi connectivity index (χ1) is 24.3. The number of benzene rings is 6. The number of nitrogens with zero attached hydrogens (tertiary/aromatic N) is 5. The SMILES string of the molecule is c1ccc(-c2nnc(-c3ccccc3)n2-c2ccc(-c3c4ccccc4n4ccc5c6ccccc6n(-c6ccccc6)c5c34)cc2)cc1. The molecule has 0 radical (unpaired) electrons. The molecule has 0 saturated heterocycles. The van der Waals surface area contributed by atoms with E-state index < -0.39 is 0 Å². The predicted molar refractivity (Wildman–Crippen MR) is 200 cm³/mol. The normalized spacial score (nSPS) is 11.7. The zero-order valence-electron chi connectivity index (χ0n) is 26.5. The van der Waals surface area contributed by atoms with E-state index in [1.165, 1.54) is 43.8 Å². The number of para-hydroxylation sites is 3. The molecule has 6 aromatic carbocycles. The van der Waals surface area contributed by atoms with Crippen LogP contribution in [0.3, 0.4) is 0 Å². The second-order valence-corrected chi connectivity index (χ2v) is 12.3. The molecule has 4 aromatic heterocycles. The molecule has 0 N–H and O–H groups in total. The number of hydrogen-bond donors (Lipinski definition) is 0. The summed E-state index contributed by atoms with van der Waals surface area (Å²) in [5.74, 6) is 1.61. The first-order valence-corrected chi connectivity index (χ1v) is 16.5. The van der Waals surface area contributed by atoms with Gasteiger partial charge < -0.3 is 8.97 Å². The third-order valence-corrected chi connectivity index (χ3v) is 9.59. The Labute approximate surface area is 282 Å². The van der Waals surface area contributed by atoms with Crippen molar-refractivity contribution < 1.29 is 0 Å². The van der Waals surface area contributed by atoms with Crippen LogP contribution < -0.4 is 0 Å². The summed E-state index contributed by atoms with van der Waals surface area (Å²) in [6, 6.07) is 59.8. The van der Waals surface area contributed by atoms with Gasteiger partial charge in [-0.2, -0.15) is 0 Å². The van der Waals surface area contributed by atoms with Gasteiger partial charge >= 0.3 is 0 Å². The minimum atomic E-state index is 0.807. The van der Waals surface area contributed by atoms with Gasteiger partial charge in [0, 0.05) is 50.4 Å². The van der Waals surface area contributed by atoms with Crippen LogP contribution in [-0.2, 0) is 0 Å². The van der Waals surface area contributed by atoms with Crippen molar-refractivity contribution in [2.24, 2.45) is 0 Å². The lowest BCUT2D eigenvalue weighted by Gasteiger charge is -2.13. The molecule has 0 aliphatic carbocycles. The molecule has 0 atom stereocenters. The van der Waals surface area contributed by atoms with Crippen LogP contribution >= 0.6 is 0 Å². The van der Waals surface area contributed by atoms with Crippen LogP contribution in [0, 0.1) is 0 Å². The van der Waals surface area contributed by atoms with Crippen LogP contribution in [0.25, 0.3) is 83.5 Å². The molecule has 0 unspecified atom stereocenters. The molecule has 0 bridgehead atoms. The number of rotatable bonds is 5. The standard InChI is InChI=1S/C44H29N5/c1-4-14-31(15-5-1)43-45-46-44(32-16-6-2-7-17-32)49(43)34-26-24-30(25-27-34)40-37-21-11-12-22-38(37)47-29-28-36-35-20-10-13-23-39(35)48(41(36)42(40)47)33-18-8-3-9-19-33/h1-29H. The van der Waals surface area contributed by atoms with Gasteiger partial charge in [-0.3, -0.25) is 4.57 Å². The number of aromatic nitrogens is 5. The van der Waals surface area contributed by atoms with E-state index in [9.17, 15) is 0 Å². The molecule has 0 amide bonds. The van der Waals surface area contributed by atoms with Crippen LogP contribution in [0.5, 0.6) is 0 Å². The minimum Gasteiger partial charge on any atom is -0.314 e. The molecule has 10 rings (SSSR count). The molecule has 4 heterocycles. The summed E-state index contributed by atoms with van der Waals surface area (Å²) in [4.78, 5) is 0. The molecule has 0 aliphatic heterocycles. The maximum atomic E-state index is 4.69. The van der Waals surface area contributed by atoms with Gasteiger partial charge in [0.05, 0.1) is 22.1 Å². The predicted octanol–water partition coefficient (Wildman–Crippen LogP) is 10.8. The lowest BCUT2D eigenvalue weighted by molar-refractivity contribution is 1.07. The molecule has 0 aliphatic rings. The molecule has 230 valence electrons. The van der Waals surface area contributed by atoms with Gasteiger partial charge in [-0.15, -0.1) is 10.2 Å². The largest absolute Gasteiger partial charge is 0.314 e. The van der Waals surface area contributed by atoms with E-state index in [0.717, 1.165) is 39.7 Å². The Balaban J connectivity index is 1.25. The highest BCUT2D eigenvalue weighted by atomic mass is 15.3. The van der Waals surface area contributed by atoms with E-state index >= 15 is 0 Å². The van der Waals surface area contributed by atoms with Crippen molar-refractivity contribution in [2.45, 2.75) is 0 Å². The van der Waals surface area contributed by atoms with Crippen LogP contribution in [0.1, 0.15) is 0 Å². The van der Waals surface area contributed by atoms with Crippen molar-refractivity contribution in [3.8, 4) is 45.3 Å². The summed E-state index contributed by atoms with van der Waals surface area (Å²) in [6.07, 6.45) is 2.23. The summed E-state index contributed by atoms with van der Waals surface area (Å²) in [5, 5.41) is 13.1. The Morgan fingerprint density at radius 3 is 1.53 bits per heavy atom. The van der Waals surface area contributed by atoms with E-state index in [4.69, 9.17) is 10.2 Å². The highest BCUT2D eigenvalue weighted by molar-refractivity contribution is 6.20. The molecule has 0 spiro atoms. The Bertz CT molecular complexity index is 2730. The zero-order valence-corrected chi connectivity index (χ0v) is 26.5. The number of hydrogen-bond acceptors (Lipinski definition) is 2. The third-order valence-electron chi connectivity index (χ3n) is 9.59. The van der Waals surface area contributed by atoms with Gasteiger partial charge in [0.1, 0.15) is 0 Å². The summed E-state index contributed by atoms with van der Waals surface area (Å²) in [5.41, 5.74) is 11.3. The summed E-state index contributed by atoms with van der Waals surface area (Å²) >= 11 is 0. The van der Waals surface area contributed by atoms with Crippen molar-refractivity contribution in [1.29, 1.82) is 0 Å². The average Bonchev–Trinajstić information content (AvgIpc) is 3.87. The molecule has 5 heteroatoms. The maximum absolute atomic E-state index is 4.69. The van der Waals surface area contributed by atoms with Crippen molar-refractivity contribution in [1.82, 2.24) is 23.7 Å². The number of pyridine rings is 1. The van der Waals surface area contributed by atoms with E-state index in [1.54, 1.807) is 0 Å². The Morgan fingerprint density at radius 2 is 0.878 bits per heavy atom. The van der Waals surface area contributed by atoms with E-state index in [0.29, 0.717) is 0 Å². The Hall–Kier alpha value is -6.72. The quantitative estimate of drug-likeness (QED) is 0.190. The van der Waals surface area contributed by atoms with Crippen LogP contribution in [0.15, 0.2) is 176 Å². The molecular formula is C44H29N5. The first kappa shape index (κ1) is 27.4. The van der Waals surface area contributed by atoms with Gasteiger partial charge in [-0.25, -0.2) is 0 Å². The zero-order chi connectivity index (χ0) is 32.3. The molecule has 0 fully saturated rings. The van der Waals surface area contributed by atoms with Crippen LogP contribution in [-0.4, -0.2) is 23.7 Å². The fourth-order valence-electron chi connectivity index (χ4n) is 7.46. The van der Waals surface area contributed by atoms with Crippen molar-refractivity contribution in [2.75, 3.05) is 0 Å². The fraction of sp³-hybridized carbons (Fsp3) is 0. The summed E-state index contributed by atoms with van der Waals surface area (Å²) in [6.45, 7) is 0. The van der Waals surface area contributed by atoms with Gasteiger partial charge in [-0.1, -0.05) is 127 Å². The van der Waals surface area contributed by atoms with Crippen molar-refractivity contribution in [3.05, 3.63) is 176 Å². The minimum absolute atomic E-state index is 0.807. The monoisotopic (exact) mass is 627 g/mol. The molecule has 5 nitrogen and oxygen atoms in total. The maximum Gasteiger partial charge on any atom is 0.168 e. The van der Waals surface area contributed by atoms with Crippen LogP contribution in [0.4, 0.5) is 0 Å². The van der Waals surface area contributed by atoms with E-state index in [1.807, 2.05) is 36.4 Å². The van der Waals surface area contributed by atoms with Crippen molar-refractivity contribution in [3.63, 3.8) is 0 Å². The van der Waals surface area contributed by atoms with Crippen molar-refractivity contribution >= 4 is 38.2 Å². The highest BCUT2D eigenvalue weighted by Crippen LogP contribution is 2.43. The molecule has 49 heavy (non-hydrogen) atoms. The third kappa shape index (κ3) is 4.19. The smallest absolute Gasteiger partial charge is 0.168 e. The molecule has 0 saturated carbocycles. The lowest BCUT2D eigenvalue weighted by atomic mass is 10.0. The molecular weight excluding hydrogens is 599 g/mol. The van der Waals surface area contributed by atoms with Gasteiger partial charge in [-0.05, 0) is 48.0 Å².